The number of amides is 1. The molecule has 9 heteroatoms. The Morgan fingerprint density at radius 1 is 1.42 bits per heavy atom. The lowest BCUT2D eigenvalue weighted by Gasteiger charge is -2.35. The van der Waals surface area contributed by atoms with Crippen LogP contribution in [0.3, 0.4) is 0 Å². The van der Waals surface area contributed by atoms with Crippen LogP contribution in [0.25, 0.3) is 0 Å². The van der Waals surface area contributed by atoms with Crippen LogP contribution in [-0.4, -0.2) is 58.4 Å². The lowest BCUT2D eigenvalue weighted by Crippen LogP contribution is -2.45. The first-order valence-electron chi connectivity index (χ1n) is 8.34. The molecule has 1 atom stereocenters. The molecule has 0 N–H and O–H groups in total. The summed E-state index contributed by atoms with van der Waals surface area (Å²) in [6, 6.07) is 1.49. The number of hydrogen-bond acceptors (Lipinski definition) is 5. The van der Waals surface area contributed by atoms with E-state index in [1.807, 2.05) is 0 Å². The van der Waals surface area contributed by atoms with Crippen LogP contribution in [0.2, 0.25) is 0 Å². The van der Waals surface area contributed by atoms with Gasteiger partial charge in [-0.15, -0.1) is 0 Å². The van der Waals surface area contributed by atoms with Gasteiger partial charge >= 0.3 is 0 Å². The summed E-state index contributed by atoms with van der Waals surface area (Å²) in [5, 5.41) is 5.19. The fourth-order valence-electron chi connectivity index (χ4n) is 3.09. The Morgan fingerprint density at radius 3 is 2.88 bits per heavy atom. The van der Waals surface area contributed by atoms with E-state index >= 15 is 0 Å². The van der Waals surface area contributed by atoms with E-state index in [1.165, 1.54) is 9.37 Å². The van der Waals surface area contributed by atoms with Gasteiger partial charge in [-0.2, -0.15) is 9.40 Å². The average molecular weight is 356 g/mol. The Hall–Kier alpha value is -1.45. The number of rotatable bonds is 4. The molecule has 0 bridgehead atoms. The van der Waals surface area contributed by atoms with Crippen LogP contribution in [0.4, 0.5) is 0 Å². The topological polar surface area (TPSA) is 84.7 Å². The number of carbonyl (C=O) groups excluding carboxylic acids is 1. The molecule has 24 heavy (non-hydrogen) atoms. The summed E-state index contributed by atoms with van der Waals surface area (Å²) in [7, 11) is -3.38. The average Bonchev–Trinajstić information content (AvgIpc) is 3.04. The molecule has 1 amide bonds. The van der Waals surface area contributed by atoms with Crippen molar-refractivity contribution in [1.82, 2.24) is 19.1 Å². The molecule has 1 aromatic rings. The second-order valence-corrected chi connectivity index (χ2v) is 9.04. The number of carbonyl (C=O) groups is 1. The summed E-state index contributed by atoms with van der Waals surface area (Å²) in [6.45, 7) is 5.04. The Kier molecular flexibility index (Phi) is 4.93. The summed E-state index contributed by atoms with van der Waals surface area (Å²) in [4.78, 5) is 17.9. The molecule has 1 aromatic heterocycles. The molecule has 2 aliphatic heterocycles. The van der Waals surface area contributed by atoms with Gasteiger partial charge in [0.05, 0.1) is 36.6 Å². The van der Waals surface area contributed by atoms with E-state index in [4.69, 9.17) is 4.84 Å². The lowest BCUT2D eigenvalue weighted by atomic mass is 10.1. The smallest absolute Gasteiger partial charge is 0.248 e. The van der Waals surface area contributed by atoms with Crippen molar-refractivity contribution in [2.24, 2.45) is 0 Å². The largest absolute Gasteiger partial charge is 0.273 e. The monoisotopic (exact) mass is 356 g/mol. The van der Waals surface area contributed by atoms with Gasteiger partial charge in [0.25, 0.3) is 0 Å². The molecule has 2 aliphatic rings. The number of hydrogen-bond donors (Lipinski definition) is 0. The number of sulfonamides is 1. The van der Waals surface area contributed by atoms with Crippen molar-refractivity contribution < 1.29 is 18.0 Å². The van der Waals surface area contributed by atoms with Crippen LogP contribution in [0.15, 0.2) is 12.3 Å². The fraction of sp³-hybridized carbons (Fsp3) is 0.733. The predicted molar refractivity (Wildman–Crippen MR) is 87.2 cm³/mol. The number of nitrogens with zero attached hydrogens (tertiary/aromatic N) is 4. The van der Waals surface area contributed by atoms with Gasteiger partial charge in [-0.1, -0.05) is 0 Å². The van der Waals surface area contributed by atoms with Gasteiger partial charge in [-0.25, -0.2) is 13.5 Å². The minimum absolute atomic E-state index is 0.120. The second kappa shape index (κ2) is 6.81. The molecule has 3 rings (SSSR count). The number of fused-ring (bicyclic) bond motifs is 1. The third kappa shape index (κ3) is 3.33. The summed E-state index contributed by atoms with van der Waals surface area (Å²) in [5.41, 5.74) is 0.808. The molecule has 8 nitrogen and oxygen atoms in total. The van der Waals surface area contributed by atoms with Crippen molar-refractivity contribution in [3.05, 3.63) is 18.0 Å². The van der Waals surface area contributed by atoms with Gasteiger partial charge in [0.15, 0.2) is 0 Å². The van der Waals surface area contributed by atoms with E-state index in [1.54, 1.807) is 30.8 Å². The van der Waals surface area contributed by atoms with Gasteiger partial charge < -0.3 is 0 Å². The van der Waals surface area contributed by atoms with Crippen LogP contribution in [0.5, 0.6) is 0 Å². The minimum Gasteiger partial charge on any atom is -0.273 e. The van der Waals surface area contributed by atoms with Crippen LogP contribution in [0.1, 0.15) is 44.8 Å². The third-order valence-electron chi connectivity index (χ3n) is 4.50. The van der Waals surface area contributed by atoms with E-state index in [9.17, 15) is 13.2 Å². The van der Waals surface area contributed by atoms with Gasteiger partial charge in [0, 0.05) is 19.3 Å². The summed E-state index contributed by atoms with van der Waals surface area (Å²) in [6.07, 6.45) is 3.71. The predicted octanol–water partition coefficient (Wildman–Crippen LogP) is 0.922. The zero-order chi connectivity index (χ0) is 17.3. The van der Waals surface area contributed by atoms with Crippen molar-refractivity contribution in [2.75, 3.05) is 19.7 Å². The molecule has 134 valence electrons. The molecule has 1 fully saturated rings. The Bertz CT molecular complexity index is 694. The van der Waals surface area contributed by atoms with E-state index in [0.717, 1.165) is 18.5 Å². The molecule has 0 saturated carbocycles. The molecule has 0 radical (unpaired) electrons. The van der Waals surface area contributed by atoms with Crippen molar-refractivity contribution in [3.63, 3.8) is 0 Å². The van der Waals surface area contributed by atoms with Gasteiger partial charge in [-0.3, -0.25) is 14.3 Å². The highest BCUT2D eigenvalue weighted by Crippen LogP contribution is 2.27. The second-order valence-electron chi connectivity index (χ2n) is 6.55. The highest BCUT2D eigenvalue weighted by molar-refractivity contribution is 7.89. The Morgan fingerprint density at radius 2 is 2.21 bits per heavy atom. The van der Waals surface area contributed by atoms with E-state index in [-0.39, 0.29) is 24.9 Å². The molecule has 1 saturated heterocycles. The Balaban J connectivity index is 1.78. The molecule has 3 heterocycles. The van der Waals surface area contributed by atoms with Gasteiger partial charge in [0.2, 0.25) is 15.9 Å². The minimum atomic E-state index is -3.38. The van der Waals surface area contributed by atoms with Crippen LogP contribution < -0.4 is 0 Å². The maximum atomic E-state index is 12.5. The first-order chi connectivity index (χ1) is 11.4. The maximum Gasteiger partial charge on any atom is 0.248 e. The highest BCUT2D eigenvalue weighted by Gasteiger charge is 2.36. The van der Waals surface area contributed by atoms with Crippen LogP contribution >= 0.6 is 0 Å². The molecule has 0 unspecified atom stereocenters. The Labute approximate surface area is 142 Å². The lowest BCUT2D eigenvalue weighted by molar-refractivity contribution is -0.198. The van der Waals surface area contributed by atoms with E-state index in [2.05, 4.69) is 5.10 Å². The van der Waals surface area contributed by atoms with E-state index < -0.39 is 15.3 Å². The van der Waals surface area contributed by atoms with Crippen molar-refractivity contribution in [2.45, 2.75) is 50.9 Å². The summed E-state index contributed by atoms with van der Waals surface area (Å²) in [5.74, 6) is -0.120. The van der Waals surface area contributed by atoms with Crippen LogP contribution in [0, 0.1) is 0 Å². The van der Waals surface area contributed by atoms with Gasteiger partial charge in [0.1, 0.15) is 0 Å². The molecule has 0 aromatic carbocycles. The standard InChI is InChI=1S/C15H24N4O4S/c1-12(2)24(21,22)17-10-13-5-6-16-19(13)14(11-17)9-15(20)18-7-3-4-8-23-18/h5-6,12,14H,3-4,7-11H2,1-2H3/t14-/m1/s1. The number of hydroxylamine groups is 2. The van der Waals surface area contributed by atoms with Crippen LogP contribution in [-0.2, 0) is 26.2 Å². The summed E-state index contributed by atoms with van der Waals surface area (Å²) >= 11 is 0. The van der Waals surface area contributed by atoms with Crippen molar-refractivity contribution in [3.8, 4) is 0 Å². The normalized spacial score (nSPS) is 22.6. The van der Waals surface area contributed by atoms with E-state index in [0.29, 0.717) is 19.7 Å². The quantitative estimate of drug-likeness (QED) is 0.801. The SMILES string of the molecule is CC(C)S(=O)(=O)N1Cc2ccnn2[C@H](CC(=O)N2CCCCO2)C1. The fourth-order valence-corrected chi connectivity index (χ4v) is 4.38. The maximum absolute atomic E-state index is 12.5. The molecule has 0 aliphatic carbocycles. The highest BCUT2D eigenvalue weighted by atomic mass is 32.2. The number of aromatic nitrogens is 2. The zero-order valence-corrected chi connectivity index (χ0v) is 14.9. The molecular weight excluding hydrogens is 332 g/mol. The zero-order valence-electron chi connectivity index (χ0n) is 14.1. The summed E-state index contributed by atoms with van der Waals surface area (Å²) < 4.78 is 28.3. The van der Waals surface area contributed by atoms with Crippen molar-refractivity contribution in [1.29, 1.82) is 0 Å². The molecular formula is C15H24N4O4S. The first kappa shape index (κ1) is 17.4. The van der Waals surface area contributed by atoms with Crippen molar-refractivity contribution >= 4 is 15.9 Å². The molecule has 0 spiro atoms. The van der Waals surface area contributed by atoms with Gasteiger partial charge in [-0.05, 0) is 32.8 Å². The first-order valence-corrected chi connectivity index (χ1v) is 9.84. The third-order valence-corrected chi connectivity index (χ3v) is 6.69.